The summed E-state index contributed by atoms with van der Waals surface area (Å²) in [7, 11) is 0. The lowest BCUT2D eigenvalue weighted by Gasteiger charge is -2.50. The maximum Gasteiger partial charge on any atom is 0.0922 e. The van der Waals surface area contributed by atoms with Crippen LogP contribution in [0.3, 0.4) is 0 Å². The van der Waals surface area contributed by atoms with Gasteiger partial charge in [0.15, 0.2) is 0 Å². The van der Waals surface area contributed by atoms with E-state index >= 15 is 0 Å². The van der Waals surface area contributed by atoms with Crippen LogP contribution >= 0.6 is 0 Å². The second-order valence-corrected chi connectivity index (χ2v) is 7.07. The summed E-state index contributed by atoms with van der Waals surface area (Å²) in [5, 5.41) is 10.3. The topological polar surface area (TPSA) is 35.9 Å². The Hall–Kier alpha value is -0.160. The molecular formula is C15H30N2O2. The van der Waals surface area contributed by atoms with Crippen LogP contribution < -0.4 is 0 Å². The molecule has 112 valence electrons. The van der Waals surface area contributed by atoms with Gasteiger partial charge in [-0.15, -0.1) is 0 Å². The highest BCUT2D eigenvalue weighted by atomic mass is 16.5. The molecule has 2 saturated heterocycles. The van der Waals surface area contributed by atoms with Crippen LogP contribution in [0, 0.1) is 11.8 Å². The lowest BCUT2D eigenvalue weighted by molar-refractivity contribution is -0.146. The van der Waals surface area contributed by atoms with Gasteiger partial charge < -0.3 is 9.84 Å². The number of aliphatic hydroxyl groups is 1. The minimum absolute atomic E-state index is 0.309. The lowest BCUT2D eigenvalue weighted by Crippen LogP contribution is -2.66. The quantitative estimate of drug-likeness (QED) is 0.810. The van der Waals surface area contributed by atoms with Crippen LogP contribution in [0.25, 0.3) is 0 Å². The zero-order chi connectivity index (χ0) is 14.0. The molecule has 1 N–H and O–H groups in total. The summed E-state index contributed by atoms with van der Waals surface area (Å²) in [5.41, 5.74) is -0.466. The molecule has 0 radical (unpaired) electrons. The maximum atomic E-state index is 10.3. The Bertz CT molecular complexity index is 288. The van der Waals surface area contributed by atoms with E-state index in [0.29, 0.717) is 17.9 Å². The summed E-state index contributed by atoms with van der Waals surface area (Å²) < 4.78 is 5.86. The van der Waals surface area contributed by atoms with Crippen molar-refractivity contribution >= 4 is 0 Å². The Morgan fingerprint density at radius 3 is 2.47 bits per heavy atom. The Kier molecular flexibility index (Phi) is 4.88. The molecule has 0 amide bonds. The van der Waals surface area contributed by atoms with Crippen molar-refractivity contribution in [3.63, 3.8) is 0 Å². The van der Waals surface area contributed by atoms with Crippen molar-refractivity contribution in [1.29, 1.82) is 0 Å². The molecule has 2 fully saturated rings. The Labute approximate surface area is 117 Å². The molecule has 2 aliphatic rings. The number of hydrogen-bond donors (Lipinski definition) is 1. The molecule has 0 aromatic heterocycles. The van der Waals surface area contributed by atoms with Crippen LogP contribution in [-0.2, 0) is 4.74 Å². The van der Waals surface area contributed by atoms with E-state index in [1.807, 2.05) is 0 Å². The molecule has 0 bridgehead atoms. The molecule has 4 heteroatoms. The van der Waals surface area contributed by atoms with E-state index in [2.05, 4.69) is 37.5 Å². The highest BCUT2D eigenvalue weighted by Crippen LogP contribution is 2.28. The summed E-state index contributed by atoms with van der Waals surface area (Å²) in [5.74, 6) is 1.06. The first-order valence-corrected chi connectivity index (χ1v) is 7.68. The van der Waals surface area contributed by atoms with Crippen molar-refractivity contribution in [1.82, 2.24) is 9.80 Å². The third-order valence-corrected chi connectivity index (χ3v) is 4.38. The van der Waals surface area contributed by atoms with Crippen molar-refractivity contribution in [2.75, 3.05) is 45.9 Å². The predicted molar refractivity (Wildman–Crippen MR) is 77.2 cm³/mol. The third kappa shape index (κ3) is 3.91. The lowest BCUT2D eigenvalue weighted by atomic mass is 9.83. The molecule has 0 saturated carbocycles. The Morgan fingerprint density at radius 2 is 1.89 bits per heavy atom. The second-order valence-electron chi connectivity index (χ2n) is 7.07. The van der Waals surface area contributed by atoms with Crippen LogP contribution in [0.2, 0.25) is 0 Å². The van der Waals surface area contributed by atoms with Crippen molar-refractivity contribution in [3.8, 4) is 0 Å². The SMILES string of the molecule is CC(C)CN1CCOC(CN2CC(O)(C(C)C)C2)C1. The molecule has 2 heterocycles. The van der Waals surface area contributed by atoms with Crippen LogP contribution in [-0.4, -0.2) is 72.5 Å². The van der Waals surface area contributed by atoms with Crippen LogP contribution in [0.15, 0.2) is 0 Å². The van der Waals surface area contributed by atoms with E-state index in [9.17, 15) is 5.11 Å². The predicted octanol–water partition coefficient (Wildman–Crippen LogP) is 1.05. The number of nitrogens with zero attached hydrogens (tertiary/aromatic N) is 2. The monoisotopic (exact) mass is 270 g/mol. The van der Waals surface area contributed by atoms with E-state index in [1.165, 1.54) is 0 Å². The molecule has 1 unspecified atom stereocenters. The number of morpholine rings is 1. The van der Waals surface area contributed by atoms with Crippen molar-refractivity contribution in [3.05, 3.63) is 0 Å². The molecular weight excluding hydrogens is 240 g/mol. The van der Waals surface area contributed by atoms with Crippen LogP contribution in [0.4, 0.5) is 0 Å². The Morgan fingerprint density at radius 1 is 1.21 bits per heavy atom. The summed E-state index contributed by atoms with van der Waals surface area (Å²) in [4.78, 5) is 4.83. The fraction of sp³-hybridized carbons (Fsp3) is 1.00. The summed E-state index contributed by atoms with van der Waals surface area (Å²) >= 11 is 0. The van der Waals surface area contributed by atoms with Crippen molar-refractivity contribution < 1.29 is 9.84 Å². The highest BCUT2D eigenvalue weighted by Gasteiger charge is 2.44. The second kappa shape index (κ2) is 6.08. The maximum absolute atomic E-state index is 10.3. The smallest absolute Gasteiger partial charge is 0.0922 e. The first-order valence-electron chi connectivity index (χ1n) is 7.68. The molecule has 0 spiro atoms. The van der Waals surface area contributed by atoms with Gasteiger partial charge in [0, 0.05) is 39.3 Å². The molecule has 0 aromatic carbocycles. The van der Waals surface area contributed by atoms with Gasteiger partial charge in [-0.05, 0) is 11.8 Å². The molecule has 2 rings (SSSR count). The van der Waals surface area contributed by atoms with Gasteiger partial charge >= 0.3 is 0 Å². The summed E-state index contributed by atoms with van der Waals surface area (Å²) in [6, 6.07) is 0. The number of hydrogen-bond acceptors (Lipinski definition) is 4. The molecule has 19 heavy (non-hydrogen) atoms. The highest BCUT2D eigenvalue weighted by molar-refractivity contribution is 4.98. The molecule has 2 aliphatic heterocycles. The number of ether oxygens (including phenoxy) is 1. The van der Waals surface area contributed by atoms with E-state index < -0.39 is 5.60 Å². The zero-order valence-electron chi connectivity index (χ0n) is 12.9. The zero-order valence-corrected chi connectivity index (χ0v) is 12.9. The Balaban J connectivity index is 1.72. The summed E-state index contributed by atoms with van der Waals surface area (Å²) in [6.07, 6.45) is 0.309. The largest absolute Gasteiger partial charge is 0.387 e. The molecule has 0 aromatic rings. The minimum atomic E-state index is -0.466. The van der Waals surface area contributed by atoms with Crippen LogP contribution in [0.5, 0.6) is 0 Å². The first-order chi connectivity index (χ1) is 8.89. The third-order valence-electron chi connectivity index (χ3n) is 4.38. The van der Waals surface area contributed by atoms with E-state index in [0.717, 1.165) is 45.9 Å². The number of likely N-dealkylation sites (tertiary alicyclic amines) is 1. The minimum Gasteiger partial charge on any atom is -0.387 e. The van der Waals surface area contributed by atoms with Gasteiger partial charge in [0.25, 0.3) is 0 Å². The van der Waals surface area contributed by atoms with Crippen LogP contribution in [0.1, 0.15) is 27.7 Å². The average molecular weight is 270 g/mol. The fourth-order valence-corrected chi connectivity index (χ4v) is 3.08. The molecule has 4 nitrogen and oxygen atoms in total. The number of β-amino-alcohol motifs (C(OH)–C–C–N with tert-alkyl or cyclic N) is 1. The molecule has 1 atom stereocenters. The van der Waals surface area contributed by atoms with Gasteiger partial charge in [-0.2, -0.15) is 0 Å². The van der Waals surface area contributed by atoms with Gasteiger partial charge in [-0.1, -0.05) is 27.7 Å². The van der Waals surface area contributed by atoms with E-state index in [-0.39, 0.29) is 0 Å². The van der Waals surface area contributed by atoms with Crippen molar-refractivity contribution in [2.45, 2.75) is 39.4 Å². The number of rotatable bonds is 5. The van der Waals surface area contributed by atoms with Gasteiger partial charge in [-0.25, -0.2) is 0 Å². The normalized spacial score (nSPS) is 28.9. The standard InChI is InChI=1S/C15H30N2O2/c1-12(2)7-16-5-6-19-14(8-16)9-17-10-15(18,11-17)13(3)4/h12-14,18H,5-11H2,1-4H3. The van der Waals surface area contributed by atoms with Crippen molar-refractivity contribution in [2.24, 2.45) is 11.8 Å². The van der Waals surface area contributed by atoms with E-state index in [4.69, 9.17) is 4.74 Å². The molecule has 0 aliphatic carbocycles. The van der Waals surface area contributed by atoms with Gasteiger partial charge in [-0.3, -0.25) is 9.80 Å². The van der Waals surface area contributed by atoms with Gasteiger partial charge in [0.05, 0.1) is 18.3 Å². The van der Waals surface area contributed by atoms with Gasteiger partial charge in [0.2, 0.25) is 0 Å². The van der Waals surface area contributed by atoms with Gasteiger partial charge in [0.1, 0.15) is 0 Å². The van der Waals surface area contributed by atoms with E-state index in [1.54, 1.807) is 0 Å². The fourth-order valence-electron chi connectivity index (χ4n) is 3.08. The average Bonchev–Trinajstić information content (AvgIpc) is 2.26. The first kappa shape index (κ1) is 15.2. The summed E-state index contributed by atoms with van der Waals surface area (Å²) in [6.45, 7) is 15.4.